The van der Waals surface area contributed by atoms with Crippen LogP contribution in [0.3, 0.4) is 0 Å². The second-order valence-electron chi connectivity index (χ2n) is 4.36. The molecule has 0 bridgehead atoms. The zero-order valence-electron chi connectivity index (χ0n) is 10.1. The molecule has 1 aromatic rings. The van der Waals surface area contributed by atoms with Gasteiger partial charge in [0.25, 0.3) is 0 Å². The second-order valence-corrected chi connectivity index (χ2v) is 4.80. The first-order valence-corrected chi connectivity index (χ1v) is 6.34. The van der Waals surface area contributed by atoms with Gasteiger partial charge in [0.05, 0.1) is 0 Å². The molecule has 0 aromatic heterocycles. The zero-order valence-corrected chi connectivity index (χ0v) is 10.9. The maximum absolute atomic E-state index is 10.8. The van der Waals surface area contributed by atoms with Crippen molar-refractivity contribution in [2.24, 2.45) is 0 Å². The van der Waals surface area contributed by atoms with Gasteiger partial charge >= 0.3 is 5.97 Å². The fourth-order valence-electron chi connectivity index (χ4n) is 2.01. The van der Waals surface area contributed by atoms with Crippen LogP contribution in [-0.4, -0.2) is 17.2 Å². The molecule has 18 heavy (non-hydrogen) atoms. The van der Waals surface area contributed by atoms with Crippen molar-refractivity contribution in [1.82, 2.24) is 0 Å². The van der Waals surface area contributed by atoms with Crippen LogP contribution in [0.4, 0.5) is 0 Å². The minimum atomic E-state index is -0.976. The first-order chi connectivity index (χ1) is 8.58. The minimum absolute atomic E-state index is 0.586. The van der Waals surface area contributed by atoms with Crippen LogP contribution in [-0.2, 0) is 4.79 Å². The van der Waals surface area contributed by atoms with E-state index in [1.54, 1.807) is 12.1 Å². The Kier molecular flexibility index (Phi) is 3.92. The van der Waals surface area contributed by atoms with Gasteiger partial charge in [-0.2, -0.15) is 0 Å². The number of ether oxygens (including phenoxy) is 1. The molecular weight excluding hydrogens is 252 g/mol. The maximum Gasteiger partial charge on any atom is 0.344 e. The van der Waals surface area contributed by atoms with Crippen molar-refractivity contribution >= 4 is 23.1 Å². The standard InChI is InChI=1S/C14H15ClO3/c1-9(14(16)17)18-13-7-6-11(15)8-12(13)10-4-2-3-5-10/h4,6-9H,2-3,5H2,1H3,(H,16,17)/t9-/m0/s1. The number of halogens is 1. The van der Waals surface area contributed by atoms with Crippen molar-refractivity contribution in [3.63, 3.8) is 0 Å². The van der Waals surface area contributed by atoms with Crippen LogP contribution in [0, 0.1) is 0 Å². The van der Waals surface area contributed by atoms with Crippen molar-refractivity contribution in [3.05, 3.63) is 34.9 Å². The molecule has 1 atom stereocenters. The third kappa shape index (κ3) is 2.85. The van der Waals surface area contributed by atoms with E-state index in [1.807, 2.05) is 6.07 Å². The van der Waals surface area contributed by atoms with E-state index in [2.05, 4.69) is 6.08 Å². The third-order valence-corrected chi connectivity index (χ3v) is 3.22. The quantitative estimate of drug-likeness (QED) is 0.903. The summed E-state index contributed by atoms with van der Waals surface area (Å²) in [4.78, 5) is 10.8. The number of hydrogen-bond donors (Lipinski definition) is 1. The summed E-state index contributed by atoms with van der Waals surface area (Å²) in [6, 6.07) is 5.28. The van der Waals surface area contributed by atoms with E-state index < -0.39 is 12.1 Å². The van der Waals surface area contributed by atoms with Crippen LogP contribution in [0.5, 0.6) is 5.75 Å². The molecule has 2 rings (SSSR count). The normalized spacial score (nSPS) is 16.2. The molecule has 1 aromatic carbocycles. The van der Waals surface area contributed by atoms with E-state index >= 15 is 0 Å². The van der Waals surface area contributed by atoms with E-state index in [1.165, 1.54) is 12.5 Å². The van der Waals surface area contributed by atoms with Crippen molar-refractivity contribution in [3.8, 4) is 5.75 Å². The fourth-order valence-corrected chi connectivity index (χ4v) is 2.18. The number of aliphatic carboxylic acids is 1. The van der Waals surface area contributed by atoms with Gasteiger partial charge < -0.3 is 9.84 Å². The highest BCUT2D eigenvalue weighted by Gasteiger charge is 2.18. The summed E-state index contributed by atoms with van der Waals surface area (Å²) >= 11 is 6.00. The van der Waals surface area contributed by atoms with Crippen LogP contribution >= 0.6 is 11.6 Å². The van der Waals surface area contributed by atoms with E-state index in [0.29, 0.717) is 10.8 Å². The van der Waals surface area contributed by atoms with E-state index in [4.69, 9.17) is 21.4 Å². The Morgan fingerprint density at radius 2 is 2.28 bits per heavy atom. The lowest BCUT2D eigenvalue weighted by Gasteiger charge is -2.15. The highest BCUT2D eigenvalue weighted by Crippen LogP contribution is 2.35. The van der Waals surface area contributed by atoms with E-state index in [-0.39, 0.29) is 0 Å². The van der Waals surface area contributed by atoms with Gasteiger partial charge in [0.2, 0.25) is 0 Å². The smallest absolute Gasteiger partial charge is 0.344 e. The molecule has 0 heterocycles. The van der Waals surface area contributed by atoms with Gasteiger partial charge in [0, 0.05) is 10.6 Å². The predicted octanol–water partition coefficient (Wildman–Crippen LogP) is 3.76. The van der Waals surface area contributed by atoms with Crippen LogP contribution in [0.15, 0.2) is 24.3 Å². The number of carboxylic acid groups (broad SMARTS) is 1. The summed E-state index contributed by atoms with van der Waals surface area (Å²) in [6.07, 6.45) is 4.44. The molecule has 1 N–H and O–H groups in total. The van der Waals surface area contributed by atoms with Crippen LogP contribution in [0.25, 0.3) is 5.57 Å². The van der Waals surface area contributed by atoms with Gasteiger partial charge in [0.1, 0.15) is 5.75 Å². The van der Waals surface area contributed by atoms with Crippen LogP contribution in [0.2, 0.25) is 5.02 Å². The van der Waals surface area contributed by atoms with Gasteiger partial charge in [-0.1, -0.05) is 17.7 Å². The summed E-state index contributed by atoms with van der Waals surface area (Å²) in [7, 11) is 0. The Hall–Kier alpha value is -1.48. The summed E-state index contributed by atoms with van der Waals surface area (Å²) < 4.78 is 5.48. The highest BCUT2D eigenvalue weighted by molar-refractivity contribution is 6.30. The summed E-state index contributed by atoms with van der Waals surface area (Å²) in [6.45, 7) is 1.52. The van der Waals surface area contributed by atoms with Gasteiger partial charge in [-0.15, -0.1) is 0 Å². The Morgan fingerprint density at radius 1 is 1.50 bits per heavy atom. The molecular formula is C14H15ClO3. The summed E-state index contributed by atoms with van der Waals surface area (Å²) in [5, 5.41) is 9.52. The Labute approximate surface area is 111 Å². The molecule has 0 radical (unpaired) electrons. The number of hydrogen-bond acceptors (Lipinski definition) is 2. The van der Waals surface area contributed by atoms with Crippen LogP contribution < -0.4 is 4.74 Å². The molecule has 0 saturated heterocycles. The molecule has 0 unspecified atom stereocenters. The lowest BCUT2D eigenvalue weighted by Crippen LogP contribution is -2.23. The fraction of sp³-hybridized carbons (Fsp3) is 0.357. The average Bonchev–Trinajstić information content (AvgIpc) is 2.84. The van der Waals surface area contributed by atoms with Gasteiger partial charge in [-0.25, -0.2) is 4.79 Å². The highest BCUT2D eigenvalue weighted by atomic mass is 35.5. The number of rotatable bonds is 4. The van der Waals surface area contributed by atoms with Crippen molar-refractivity contribution in [2.45, 2.75) is 32.3 Å². The van der Waals surface area contributed by atoms with Gasteiger partial charge in [-0.05, 0) is 50.0 Å². The van der Waals surface area contributed by atoms with Crippen molar-refractivity contribution in [1.29, 1.82) is 0 Å². The molecule has 0 fully saturated rings. The summed E-state index contributed by atoms with van der Waals surface area (Å²) in [5.41, 5.74) is 2.10. The SMILES string of the molecule is C[C@H](Oc1ccc(Cl)cc1C1=CCCC1)C(=O)O. The molecule has 0 amide bonds. The zero-order chi connectivity index (χ0) is 13.1. The molecule has 0 aliphatic heterocycles. The Balaban J connectivity index is 2.31. The number of carbonyl (C=O) groups is 1. The van der Waals surface area contributed by atoms with E-state index in [0.717, 1.165) is 24.8 Å². The average molecular weight is 267 g/mol. The van der Waals surface area contributed by atoms with Gasteiger partial charge in [0.15, 0.2) is 6.10 Å². The monoisotopic (exact) mass is 266 g/mol. The third-order valence-electron chi connectivity index (χ3n) is 2.98. The maximum atomic E-state index is 10.8. The van der Waals surface area contributed by atoms with Crippen molar-refractivity contribution < 1.29 is 14.6 Å². The Bertz CT molecular complexity index is 494. The van der Waals surface area contributed by atoms with Crippen LogP contribution in [0.1, 0.15) is 31.7 Å². The first-order valence-electron chi connectivity index (χ1n) is 5.96. The molecule has 1 aliphatic rings. The van der Waals surface area contributed by atoms with E-state index in [9.17, 15) is 4.79 Å². The topological polar surface area (TPSA) is 46.5 Å². The summed E-state index contributed by atoms with van der Waals surface area (Å²) in [5.74, 6) is -0.390. The lowest BCUT2D eigenvalue weighted by molar-refractivity contribution is -0.144. The minimum Gasteiger partial charge on any atom is -0.479 e. The number of benzene rings is 1. The Morgan fingerprint density at radius 3 is 2.89 bits per heavy atom. The lowest BCUT2D eigenvalue weighted by atomic mass is 10.0. The predicted molar refractivity (Wildman–Crippen MR) is 71.0 cm³/mol. The molecule has 1 aliphatic carbocycles. The largest absolute Gasteiger partial charge is 0.479 e. The van der Waals surface area contributed by atoms with Gasteiger partial charge in [-0.3, -0.25) is 0 Å². The second kappa shape index (κ2) is 5.44. The molecule has 3 nitrogen and oxygen atoms in total. The molecule has 96 valence electrons. The van der Waals surface area contributed by atoms with Crippen molar-refractivity contribution in [2.75, 3.05) is 0 Å². The molecule has 0 spiro atoms. The molecule has 4 heteroatoms. The first kappa shape index (κ1) is 13.0. The number of carboxylic acids is 1. The molecule has 0 saturated carbocycles. The number of allylic oxidation sites excluding steroid dienone is 2.